The minimum Gasteiger partial charge on any atom is -0.481 e. The number of halogens is 3. The molecule has 10 heteroatoms. The van der Waals surface area contributed by atoms with Crippen LogP contribution in [-0.4, -0.2) is 43.5 Å². The first-order valence-corrected chi connectivity index (χ1v) is 12.0. The van der Waals surface area contributed by atoms with Crippen molar-refractivity contribution in [3.8, 4) is 5.75 Å². The predicted octanol–water partition coefficient (Wildman–Crippen LogP) is 4.92. The molecule has 1 fully saturated rings. The van der Waals surface area contributed by atoms with Crippen molar-refractivity contribution in [3.05, 3.63) is 71.4 Å². The number of benzene rings is 2. The number of carbonyl (C=O) groups excluding carboxylic acids is 1. The monoisotopic (exact) mass is 515 g/mol. The molecule has 1 aliphatic rings. The Hall–Kier alpha value is -3.66. The highest BCUT2D eigenvalue weighted by Crippen LogP contribution is 2.29. The van der Waals surface area contributed by atoms with Gasteiger partial charge in [0.1, 0.15) is 17.9 Å². The zero-order valence-electron chi connectivity index (χ0n) is 20.2. The number of pyridine rings is 1. The van der Waals surface area contributed by atoms with Gasteiger partial charge in [0, 0.05) is 44.0 Å². The van der Waals surface area contributed by atoms with Crippen LogP contribution in [0, 0.1) is 5.92 Å². The van der Waals surface area contributed by atoms with Gasteiger partial charge in [0.2, 0.25) is 0 Å². The van der Waals surface area contributed by atoms with Crippen LogP contribution < -0.4 is 10.1 Å². The Labute approximate surface area is 212 Å². The van der Waals surface area contributed by atoms with E-state index in [1.807, 2.05) is 18.2 Å². The molecule has 37 heavy (non-hydrogen) atoms. The van der Waals surface area contributed by atoms with Crippen molar-refractivity contribution < 1.29 is 32.3 Å². The van der Waals surface area contributed by atoms with Gasteiger partial charge >= 0.3 is 6.18 Å². The molecule has 196 valence electrons. The van der Waals surface area contributed by atoms with E-state index in [2.05, 4.69) is 15.5 Å². The Morgan fingerprint density at radius 3 is 2.68 bits per heavy atom. The lowest BCUT2D eigenvalue weighted by Gasteiger charge is -2.22. The molecule has 1 amide bonds. The van der Waals surface area contributed by atoms with Crippen LogP contribution in [0.1, 0.15) is 29.5 Å². The van der Waals surface area contributed by atoms with Crippen molar-refractivity contribution >= 4 is 23.0 Å². The summed E-state index contributed by atoms with van der Waals surface area (Å²) >= 11 is 0. The van der Waals surface area contributed by atoms with E-state index in [9.17, 15) is 18.0 Å². The lowest BCUT2D eigenvalue weighted by Crippen LogP contribution is -2.35. The number of oxime groups is 1. The van der Waals surface area contributed by atoms with Gasteiger partial charge in [-0.1, -0.05) is 29.4 Å². The number of nitrogens with one attached hydrogen (secondary N) is 1. The second kappa shape index (κ2) is 12.5. The van der Waals surface area contributed by atoms with Crippen molar-refractivity contribution in [2.45, 2.75) is 32.0 Å². The minimum atomic E-state index is -4.37. The largest absolute Gasteiger partial charge is 0.481 e. The molecule has 1 aliphatic heterocycles. The van der Waals surface area contributed by atoms with Crippen molar-refractivity contribution in [3.63, 3.8) is 0 Å². The summed E-state index contributed by atoms with van der Waals surface area (Å²) < 4.78 is 49.1. The van der Waals surface area contributed by atoms with Gasteiger partial charge in [-0.25, -0.2) is 0 Å². The molecule has 2 heterocycles. The van der Waals surface area contributed by atoms with Gasteiger partial charge in [-0.3, -0.25) is 9.78 Å². The quantitative estimate of drug-likeness (QED) is 0.306. The van der Waals surface area contributed by atoms with Crippen LogP contribution >= 0.6 is 0 Å². The van der Waals surface area contributed by atoms with Crippen LogP contribution in [0.5, 0.6) is 5.75 Å². The SMILES string of the molecule is O=C(COc1ccc(CC=NOCc2ccc(C(F)(F)F)cc2)c2cccnc12)NCC1CCOCC1. The van der Waals surface area contributed by atoms with Crippen molar-refractivity contribution in [1.82, 2.24) is 10.3 Å². The molecule has 2 aromatic carbocycles. The molecule has 0 bridgehead atoms. The van der Waals surface area contributed by atoms with E-state index in [4.69, 9.17) is 14.3 Å². The Kier molecular flexibility index (Phi) is 8.95. The van der Waals surface area contributed by atoms with Gasteiger partial charge < -0.3 is 19.6 Å². The first-order valence-electron chi connectivity index (χ1n) is 12.0. The summed E-state index contributed by atoms with van der Waals surface area (Å²) in [6.07, 6.45) is 1.21. The van der Waals surface area contributed by atoms with E-state index in [0.717, 1.165) is 49.1 Å². The molecule has 0 aliphatic carbocycles. The Morgan fingerprint density at radius 2 is 1.92 bits per heavy atom. The van der Waals surface area contributed by atoms with Gasteiger partial charge in [0.25, 0.3) is 5.91 Å². The summed E-state index contributed by atoms with van der Waals surface area (Å²) in [5.74, 6) is 0.757. The summed E-state index contributed by atoms with van der Waals surface area (Å²) in [5.41, 5.74) is 1.44. The number of amides is 1. The molecule has 4 rings (SSSR count). The molecule has 3 aromatic rings. The van der Waals surface area contributed by atoms with Crippen molar-refractivity contribution in [2.75, 3.05) is 26.4 Å². The molecule has 1 N–H and O–H groups in total. The maximum atomic E-state index is 12.7. The summed E-state index contributed by atoms with van der Waals surface area (Å²) in [6.45, 7) is 2.03. The van der Waals surface area contributed by atoms with Crippen LogP contribution in [0.3, 0.4) is 0 Å². The molecular weight excluding hydrogens is 487 g/mol. The maximum Gasteiger partial charge on any atom is 0.416 e. The Morgan fingerprint density at radius 1 is 1.14 bits per heavy atom. The van der Waals surface area contributed by atoms with Crippen LogP contribution in [-0.2, 0) is 33.6 Å². The van der Waals surface area contributed by atoms with Gasteiger partial charge in [-0.15, -0.1) is 0 Å². The highest BCUT2D eigenvalue weighted by molar-refractivity contribution is 5.89. The highest BCUT2D eigenvalue weighted by atomic mass is 19.4. The molecule has 0 radical (unpaired) electrons. The number of hydrogen-bond donors (Lipinski definition) is 1. The van der Waals surface area contributed by atoms with E-state index in [0.29, 0.717) is 35.7 Å². The van der Waals surface area contributed by atoms with Crippen LogP contribution in [0.2, 0.25) is 0 Å². The fourth-order valence-corrected chi connectivity index (χ4v) is 3.99. The van der Waals surface area contributed by atoms with Gasteiger partial charge in [0.15, 0.2) is 6.61 Å². The van der Waals surface area contributed by atoms with Gasteiger partial charge in [-0.2, -0.15) is 13.2 Å². The second-order valence-electron chi connectivity index (χ2n) is 8.73. The average molecular weight is 516 g/mol. The molecule has 0 spiro atoms. The molecule has 7 nitrogen and oxygen atoms in total. The number of nitrogens with zero attached hydrogens (tertiary/aromatic N) is 2. The average Bonchev–Trinajstić information content (AvgIpc) is 2.91. The van der Waals surface area contributed by atoms with E-state index in [-0.39, 0.29) is 19.1 Å². The highest BCUT2D eigenvalue weighted by Gasteiger charge is 2.29. The third-order valence-corrected chi connectivity index (χ3v) is 6.08. The first kappa shape index (κ1) is 26.4. The zero-order valence-corrected chi connectivity index (χ0v) is 20.2. The first-order chi connectivity index (χ1) is 17.9. The van der Waals surface area contributed by atoms with E-state index in [1.54, 1.807) is 18.5 Å². The molecular formula is C27H28F3N3O4. The van der Waals surface area contributed by atoms with Crippen molar-refractivity contribution in [1.29, 1.82) is 0 Å². The van der Waals surface area contributed by atoms with E-state index >= 15 is 0 Å². The fraction of sp³-hybridized carbons (Fsp3) is 0.370. The van der Waals surface area contributed by atoms with Crippen molar-refractivity contribution in [2.24, 2.45) is 11.1 Å². The van der Waals surface area contributed by atoms with E-state index < -0.39 is 11.7 Å². The fourth-order valence-electron chi connectivity index (χ4n) is 3.99. The molecule has 0 saturated carbocycles. The topological polar surface area (TPSA) is 82.0 Å². The number of aromatic nitrogens is 1. The molecule has 0 unspecified atom stereocenters. The summed E-state index contributed by atoms with van der Waals surface area (Å²) in [7, 11) is 0. The second-order valence-corrected chi connectivity index (χ2v) is 8.73. The van der Waals surface area contributed by atoms with Gasteiger partial charge in [-0.05, 0) is 54.2 Å². The standard InChI is InChI=1S/C27H28F3N3O4/c28-27(29,30)22-6-3-20(4-7-22)17-37-33-13-9-21-5-8-24(26-23(21)2-1-12-31-26)36-18-25(34)32-16-19-10-14-35-15-11-19/h1-8,12-13,19H,9-11,14-18H2,(H,32,34). The lowest BCUT2D eigenvalue weighted by molar-refractivity contribution is -0.137. The van der Waals surface area contributed by atoms with Crippen LogP contribution in [0.4, 0.5) is 13.2 Å². The number of carbonyl (C=O) groups is 1. The number of rotatable bonds is 10. The summed E-state index contributed by atoms with van der Waals surface area (Å²) in [4.78, 5) is 21.9. The normalized spacial score (nSPS) is 14.7. The molecule has 0 atom stereocenters. The molecule has 1 aromatic heterocycles. The minimum absolute atomic E-state index is 0.0559. The summed E-state index contributed by atoms with van der Waals surface area (Å²) in [6, 6.07) is 12.1. The molecule has 1 saturated heterocycles. The Bertz CT molecular complexity index is 1210. The number of fused-ring (bicyclic) bond motifs is 1. The zero-order chi connectivity index (χ0) is 26.1. The lowest BCUT2D eigenvalue weighted by atomic mass is 10.0. The van der Waals surface area contributed by atoms with Crippen LogP contribution in [0.15, 0.2) is 59.9 Å². The smallest absolute Gasteiger partial charge is 0.416 e. The third-order valence-electron chi connectivity index (χ3n) is 6.08. The van der Waals surface area contributed by atoms with Gasteiger partial charge in [0.05, 0.1) is 5.56 Å². The third kappa shape index (κ3) is 7.66. The summed E-state index contributed by atoms with van der Waals surface area (Å²) in [5, 5.41) is 7.70. The predicted molar refractivity (Wildman–Crippen MR) is 132 cm³/mol. The number of hydrogen-bond acceptors (Lipinski definition) is 6. The number of ether oxygens (including phenoxy) is 2. The number of alkyl halides is 3. The maximum absolute atomic E-state index is 12.7. The Balaban J connectivity index is 1.29. The van der Waals surface area contributed by atoms with E-state index in [1.165, 1.54) is 12.1 Å². The van der Waals surface area contributed by atoms with Crippen LogP contribution in [0.25, 0.3) is 10.9 Å².